The molecule has 6 heteroatoms. The van der Waals surface area contributed by atoms with Crippen molar-refractivity contribution < 1.29 is 4.79 Å². The van der Waals surface area contributed by atoms with Crippen molar-refractivity contribution in [3.63, 3.8) is 0 Å². The molecule has 122 valence electrons. The van der Waals surface area contributed by atoms with Gasteiger partial charge in [0.15, 0.2) is 10.1 Å². The molecule has 24 heavy (non-hydrogen) atoms. The summed E-state index contributed by atoms with van der Waals surface area (Å²) in [5, 5.41) is 12.2. The number of carbonyl (C=O) groups excluding carboxylic acids is 1. The molecular weight excluding hydrogens is 338 g/mol. The van der Waals surface area contributed by atoms with E-state index in [2.05, 4.69) is 15.5 Å². The topological polar surface area (TPSA) is 54.9 Å². The molecule has 3 aromatic rings. The van der Waals surface area contributed by atoms with Crippen LogP contribution in [0.2, 0.25) is 0 Å². The van der Waals surface area contributed by atoms with Crippen LogP contribution in [0, 0.1) is 13.8 Å². The lowest BCUT2D eigenvalue weighted by Crippen LogP contribution is -2.04. The van der Waals surface area contributed by atoms with E-state index in [1.54, 1.807) is 0 Å². The van der Waals surface area contributed by atoms with Gasteiger partial charge in [-0.2, -0.15) is 0 Å². The number of para-hydroxylation sites is 1. The number of hydrogen-bond donors (Lipinski definition) is 1. The molecule has 0 aliphatic heterocycles. The van der Waals surface area contributed by atoms with Gasteiger partial charge >= 0.3 is 0 Å². The third-order valence-corrected chi connectivity index (χ3v) is 5.41. The second-order valence-electron chi connectivity index (χ2n) is 5.39. The molecule has 0 aliphatic carbocycles. The van der Waals surface area contributed by atoms with Crippen molar-refractivity contribution in [1.29, 1.82) is 0 Å². The standard InChI is InChI=1S/C18H17N3OS2/c1-12-8-9-15(13(2)10-12)16(22)11-23-18-21-20-17(24-18)19-14-6-4-3-5-7-14/h3-10H,11H2,1-2H3,(H,19,20). The zero-order valence-electron chi connectivity index (χ0n) is 13.4. The smallest absolute Gasteiger partial charge is 0.210 e. The molecule has 4 nitrogen and oxygen atoms in total. The van der Waals surface area contributed by atoms with E-state index in [0.717, 1.165) is 31.8 Å². The second-order valence-corrected chi connectivity index (χ2v) is 7.59. The average molecular weight is 355 g/mol. The Morgan fingerprint density at radius 1 is 1.12 bits per heavy atom. The molecule has 0 radical (unpaired) electrons. The average Bonchev–Trinajstić information content (AvgIpc) is 3.01. The van der Waals surface area contributed by atoms with Crippen molar-refractivity contribution in [2.45, 2.75) is 18.2 Å². The highest BCUT2D eigenvalue weighted by Gasteiger charge is 2.12. The van der Waals surface area contributed by atoms with Gasteiger partial charge in [-0.05, 0) is 31.5 Å². The minimum absolute atomic E-state index is 0.116. The predicted octanol–water partition coefficient (Wildman–Crippen LogP) is 4.87. The molecular formula is C18H17N3OS2. The zero-order valence-corrected chi connectivity index (χ0v) is 15.1. The van der Waals surface area contributed by atoms with Crippen LogP contribution in [0.4, 0.5) is 10.8 Å². The van der Waals surface area contributed by atoms with Gasteiger partial charge in [0.05, 0.1) is 5.75 Å². The Balaban J connectivity index is 1.60. The van der Waals surface area contributed by atoms with Crippen molar-refractivity contribution >= 4 is 39.7 Å². The lowest BCUT2D eigenvalue weighted by atomic mass is 10.0. The van der Waals surface area contributed by atoms with E-state index in [9.17, 15) is 4.79 Å². The molecule has 1 aromatic heterocycles. The molecule has 0 bridgehead atoms. The van der Waals surface area contributed by atoms with Gasteiger partial charge in [0, 0.05) is 11.3 Å². The minimum atomic E-state index is 0.116. The van der Waals surface area contributed by atoms with Crippen LogP contribution in [0.5, 0.6) is 0 Å². The highest BCUT2D eigenvalue weighted by atomic mass is 32.2. The highest BCUT2D eigenvalue weighted by Crippen LogP contribution is 2.28. The predicted molar refractivity (Wildman–Crippen MR) is 101 cm³/mol. The van der Waals surface area contributed by atoms with E-state index < -0.39 is 0 Å². The van der Waals surface area contributed by atoms with E-state index in [-0.39, 0.29) is 5.78 Å². The molecule has 0 saturated heterocycles. The molecule has 1 heterocycles. The summed E-state index contributed by atoms with van der Waals surface area (Å²) >= 11 is 2.87. The summed E-state index contributed by atoms with van der Waals surface area (Å²) < 4.78 is 0.784. The summed E-state index contributed by atoms with van der Waals surface area (Å²) in [5.74, 6) is 0.481. The molecule has 0 unspecified atom stereocenters. The van der Waals surface area contributed by atoms with Gasteiger partial charge in [-0.15, -0.1) is 10.2 Å². The summed E-state index contributed by atoms with van der Waals surface area (Å²) in [4.78, 5) is 12.4. The number of thioether (sulfide) groups is 1. The van der Waals surface area contributed by atoms with Crippen molar-refractivity contribution in [3.05, 3.63) is 65.2 Å². The van der Waals surface area contributed by atoms with Crippen LogP contribution in [0.1, 0.15) is 21.5 Å². The molecule has 0 saturated carbocycles. The molecule has 2 aromatic carbocycles. The fourth-order valence-electron chi connectivity index (χ4n) is 2.30. The lowest BCUT2D eigenvalue weighted by molar-refractivity contribution is 0.102. The number of benzene rings is 2. The quantitative estimate of drug-likeness (QED) is 0.505. The number of nitrogens with one attached hydrogen (secondary N) is 1. The fraction of sp³-hybridized carbons (Fsp3) is 0.167. The fourth-order valence-corrected chi connectivity index (χ4v) is 3.95. The molecule has 3 rings (SSSR count). The van der Waals surface area contributed by atoms with Gasteiger partial charge in [-0.25, -0.2) is 0 Å². The Kier molecular flexibility index (Phi) is 5.27. The monoisotopic (exact) mass is 355 g/mol. The van der Waals surface area contributed by atoms with Crippen LogP contribution >= 0.6 is 23.1 Å². The van der Waals surface area contributed by atoms with Crippen LogP contribution in [0.15, 0.2) is 52.9 Å². The number of nitrogens with zero attached hydrogens (tertiary/aromatic N) is 2. The number of anilines is 2. The summed E-state index contributed by atoms with van der Waals surface area (Å²) in [7, 11) is 0. The van der Waals surface area contributed by atoms with E-state index in [1.807, 2.05) is 62.4 Å². The summed E-state index contributed by atoms with van der Waals surface area (Å²) in [5.41, 5.74) is 3.93. The van der Waals surface area contributed by atoms with Crippen molar-refractivity contribution in [3.8, 4) is 0 Å². The van der Waals surface area contributed by atoms with Crippen LogP contribution in [0.25, 0.3) is 0 Å². The first kappa shape index (κ1) is 16.7. The first-order valence-corrected chi connectivity index (χ1v) is 9.31. The van der Waals surface area contributed by atoms with Gasteiger partial charge in [-0.1, -0.05) is 65.1 Å². The molecule has 1 N–H and O–H groups in total. The summed E-state index contributed by atoms with van der Waals surface area (Å²) in [6, 6.07) is 15.7. The van der Waals surface area contributed by atoms with Gasteiger partial charge in [0.1, 0.15) is 0 Å². The zero-order chi connectivity index (χ0) is 16.9. The van der Waals surface area contributed by atoms with Crippen molar-refractivity contribution in [2.24, 2.45) is 0 Å². The maximum Gasteiger partial charge on any atom is 0.210 e. The first-order chi connectivity index (χ1) is 11.6. The summed E-state index contributed by atoms with van der Waals surface area (Å²) in [6.45, 7) is 4.00. The highest BCUT2D eigenvalue weighted by molar-refractivity contribution is 8.01. The normalized spacial score (nSPS) is 10.6. The van der Waals surface area contributed by atoms with Gasteiger partial charge in [-0.3, -0.25) is 4.79 Å². The number of Topliss-reactive ketones (excluding diaryl/α,β-unsaturated/α-hetero) is 1. The molecule has 0 atom stereocenters. The number of ketones is 1. The number of hydrogen-bond acceptors (Lipinski definition) is 6. The summed E-state index contributed by atoms with van der Waals surface area (Å²) in [6.07, 6.45) is 0. The second kappa shape index (κ2) is 7.59. The molecule has 0 fully saturated rings. The van der Waals surface area contributed by atoms with Gasteiger partial charge < -0.3 is 5.32 Å². The Morgan fingerprint density at radius 2 is 1.92 bits per heavy atom. The van der Waals surface area contributed by atoms with Crippen LogP contribution in [-0.4, -0.2) is 21.7 Å². The van der Waals surface area contributed by atoms with Gasteiger partial charge in [0.2, 0.25) is 5.13 Å². The van der Waals surface area contributed by atoms with Crippen molar-refractivity contribution in [2.75, 3.05) is 11.1 Å². The van der Waals surface area contributed by atoms with Crippen LogP contribution < -0.4 is 5.32 Å². The van der Waals surface area contributed by atoms with Crippen molar-refractivity contribution in [1.82, 2.24) is 10.2 Å². The lowest BCUT2D eigenvalue weighted by Gasteiger charge is -2.04. The molecule has 0 amide bonds. The van der Waals surface area contributed by atoms with Gasteiger partial charge in [0.25, 0.3) is 0 Å². The Labute approximate surface area is 149 Å². The maximum atomic E-state index is 12.4. The largest absolute Gasteiger partial charge is 0.330 e. The SMILES string of the molecule is Cc1ccc(C(=O)CSc2nnc(Nc3ccccc3)s2)c(C)c1. The number of aromatic nitrogens is 2. The minimum Gasteiger partial charge on any atom is -0.330 e. The maximum absolute atomic E-state index is 12.4. The third kappa shape index (κ3) is 4.21. The number of aryl methyl sites for hydroxylation is 2. The van der Waals surface area contributed by atoms with E-state index in [4.69, 9.17) is 0 Å². The van der Waals surface area contributed by atoms with E-state index in [0.29, 0.717) is 5.75 Å². The van der Waals surface area contributed by atoms with Crippen LogP contribution in [0.3, 0.4) is 0 Å². The Hall–Kier alpha value is -2.18. The Morgan fingerprint density at radius 3 is 2.67 bits per heavy atom. The number of rotatable bonds is 6. The first-order valence-electron chi connectivity index (χ1n) is 7.50. The molecule has 0 aliphatic rings. The van der Waals surface area contributed by atoms with Crippen LogP contribution in [-0.2, 0) is 0 Å². The van der Waals surface area contributed by atoms with E-state index >= 15 is 0 Å². The molecule has 0 spiro atoms. The third-order valence-electron chi connectivity index (χ3n) is 3.44. The van der Waals surface area contributed by atoms with E-state index in [1.165, 1.54) is 23.1 Å². The Bertz CT molecular complexity index is 846. The number of carbonyl (C=O) groups is 1.